The van der Waals surface area contributed by atoms with Gasteiger partial charge in [0.05, 0.1) is 18.4 Å². The number of methoxy groups -OCH3 is 1. The smallest absolute Gasteiger partial charge is 0.344 e. The molecule has 0 bridgehead atoms. The Labute approximate surface area is 102 Å². The first-order valence-corrected chi connectivity index (χ1v) is 4.98. The third kappa shape index (κ3) is 2.05. The van der Waals surface area contributed by atoms with Crippen molar-refractivity contribution < 1.29 is 14.5 Å². The van der Waals surface area contributed by atoms with Gasteiger partial charge in [-0.1, -0.05) is 0 Å². The molecule has 0 amide bonds. The molecule has 2 aromatic rings. The van der Waals surface area contributed by atoms with Crippen LogP contribution in [0.25, 0.3) is 5.69 Å². The van der Waals surface area contributed by atoms with Crippen LogP contribution < -0.4 is 0 Å². The normalized spacial score (nSPS) is 10.1. The second-order valence-corrected chi connectivity index (χ2v) is 3.42. The molecule has 0 fully saturated rings. The Morgan fingerprint density at radius 2 is 2.28 bits per heavy atom. The molecule has 1 aromatic carbocycles. The molecule has 0 spiro atoms. The van der Waals surface area contributed by atoms with Crippen molar-refractivity contribution in [2.75, 3.05) is 7.11 Å². The molecule has 0 N–H and O–H groups in total. The number of imidazole rings is 1. The highest BCUT2D eigenvalue weighted by Crippen LogP contribution is 2.22. The minimum absolute atomic E-state index is 0.0892. The minimum atomic E-state index is -0.747. The van der Waals surface area contributed by atoms with Gasteiger partial charge >= 0.3 is 5.97 Å². The first-order chi connectivity index (χ1) is 8.63. The van der Waals surface area contributed by atoms with Crippen molar-refractivity contribution in [3.05, 3.63) is 52.6 Å². The van der Waals surface area contributed by atoms with Crippen molar-refractivity contribution in [1.29, 1.82) is 0 Å². The Bertz CT molecular complexity index is 592. The maximum atomic E-state index is 11.5. The van der Waals surface area contributed by atoms with Crippen LogP contribution in [0.2, 0.25) is 0 Å². The molecule has 0 aliphatic carbocycles. The number of hydrogen-bond acceptors (Lipinski definition) is 5. The van der Waals surface area contributed by atoms with Gasteiger partial charge in [0.2, 0.25) is 0 Å². The molecule has 18 heavy (non-hydrogen) atoms. The monoisotopic (exact) mass is 247 g/mol. The van der Waals surface area contributed by atoms with Gasteiger partial charge in [-0.3, -0.25) is 10.1 Å². The molecule has 2 rings (SSSR count). The zero-order valence-electron chi connectivity index (χ0n) is 9.44. The van der Waals surface area contributed by atoms with Crippen LogP contribution in [0.15, 0.2) is 36.9 Å². The van der Waals surface area contributed by atoms with Gasteiger partial charge in [0.25, 0.3) is 5.69 Å². The second kappa shape index (κ2) is 4.66. The third-order valence-corrected chi connectivity index (χ3v) is 2.38. The summed E-state index contributed by atoms with van der Waals surface area (Å²) in [4.78, 5) is 25.6. The highest BCUT2D eigenvalue weighted by atomic mass is 16.6. The lowest BCUT2D eigenvalue weighted by Gasteiger charge is -2.05. The van der Waals surface area contributed by atoms with Crippen molar-refractivity contribution in [3.63, 3.8) is 0 Å². The van der Waals surface area contributed by atoms with E-state index < -0.39 is 10.9 Å². The van der Waals surface area contributed by atoms with Crippen LogP contribution in [-0.4, -0.2) is 27.6 Å². The lowest BCUT2D eigenvalue weighted by atomic mass is 10.1. The maximum absolute atomic E-state index is 11.5. The van der Waals surface area contributed by atoms with E-state index in [0.29, 0.717) is 5.69 Å². The van der Waals surface area contributed by atoms with E-state index in [-0.39, 0.29) is 11.3 Å². The van der Waals surface area contributed by atoms with Gasteiger partial charge < -0.3 is 9.30 Å². The lowest BCUT2D eigenvalue weighted by Crippen LogP contribution is -2.07. The van der Waals surface area contributed by atoms with E-state index in [0.717, 1.165) is 0 Å². The van der Waals surface area contributed by atoms with Crippen LogP contribution in [0.1, 0.15) is 10.4 Å². The third-order valence-electron chi connectivity index (χ3n) is 2.38. The molecule has 7 heteroatoms. The first-order valence-electron chi connectivity index (χ1n) is 4.98. The Balaban J connectivity index is 2.55. The number of nitrogens with zero attached hydrogens (tertiary/aromatic N) is 3. The molecule has 0 saturated carbocycles. The van der Waals surface area contributed by atoms with Crippen LogP contribution >= 0.6 is 0 Å². The molecule has 0 saturated heterocycles. The van der Waals surface area contributed by atoms with E-state index in [1.165, 1.54) is 31.6 Å². The summed E-state index contributed by atoms with van der Waals surface area (Å²) in [7, 11) is 1.18. The molecule has 1 aromatic heterocycles. The Morgan fingerprint density at radius 1 is 1.50 bits per heavy atom. The predicted molar refractivity (Wildman–Crippen MR) is 61.6 cm³/mol. The topological polar surface area (TPSA) is 87.3 Å². The highest BCUT2D eigenvalue weighted by molar-refractivity contribution is 5.94. The SMILES string of the molecule is COC(=O)c1cc(-n2ccnc2)ccc1[N+](=O)[O-]. The van der Waals surface area contributed by atoms with Gasteiger partial charge in [-0.2, -0.15) is 0 Å². The van der Waals surface area contributed by atoms with E-state index in [2.05, 4.69) is 9.72 Å². The van der Waals surface area contributed by atoms with E-state index in [1.807, 2.05) is 0 Å². The van der Waals surface area contributed by atoms with Gasteiger partial charge in [-0.15, -0.1) is 0 Å². The quantitative estimate of drug-likeness (QED) is 0.466. The largest absolute Gasteiger partial charge is 0.465 e. The number of hydrogen-bond donors (Lipinski definition) is 0. The molecule has 0 atom stereocenters. The van der Waals surface area contributed by atoms with E-state index in [1.54, 1.807) is 17.0 Å². The van der Waals surface area contributed by atoms with Crippen molar-refractivity contribution in [3.8, 4) is 5.69 Å². The maximum Gasteiger partial charge on any atom is 0.344 e. The van der Waals surface area contributed by atoms with E-state index in [4.69, 9.17) is 0 Å². The van der Waals surface area contributed by atoms with Gasteiger partial charge in [0.15, 0.2) is 0 Å². The van der Waals surface area contributed by atoms with Gasteiger partial charge in [-0.05, 0) is 12.1 Å². The van der Waals surface area contributed by atoms with Crippen molar-refractivity contribution in [2.24, 2.45) is 0 Å². The first kappa shape index (κ1) is 11.8. The number of nitro benzene ring substituents is 1. The molecule has 92 valence electrons. The molecular weight excluding hydrogens is 238 g/mol. The molecule has 0 aliphatic heterocycles. The van der Waals surface area contributed by atoms with Crippen LogP contribution in [0.4, 0.5) is 5.69 Å². The minimum Gasteiger partial charge on any atom is -0.465 e. The number of nitro groups is 1. The summed E-state index contributed by atoms with van der Waals surface area (Å²) in [6.45, 7) is 0. The summed E-state index contributed by atoms with van der Waals surface area (Å²) < 4.78 is 6.17. The fourth-order valence-electron chi connectivity index (χ4n) is 1.53. The number of ether oxygens (including phenoxy) is 1. The molecular formula is C11H9N3O4. The molecule has 7 nitrogen and oxygen atoms in total. The Hall–Kier alpha value is -2.70. The molecule has 0 unspecified atom stereocenters. The second-order valence-electron chi connectivity index (χ2n) is 3.42. The average Bonchev–Trinajstić information content (AvgIpc) is 2.90. The number of rotatable bonds is 3. The molecule has 0 radical (unpaired) electrons. The van der Waals surface area contributed by atoms with Gasteiger partial charge in [0.1, 0.15) is 5.56 Å². The Morgan fingerprint density at radius 3 is 2.83 bits per heavy atom. The Kier molecular flexibility index (Phi) is 3.05. The molecule has 0 aliphatic rings. The number of aromatic nitrogens is 2. The summed E-state index contributed by atoms with van der Waals surface area (Å²) in [6.07, 6.45) is 4.77. The fraction of sp³-hybridized carbons (Fsp3) is 0.0909. The summed E-state index contributed by atoms with van der Waals surface area (Å²) in [6, 6.07) is 4.19. The van der Waals surface area contributed by atoms with Gasteiger partial charge in [0, 0.05) is 24.1 Å². The lowest BCUT2D eigenvalue weighted by molar-refractivity contribution is -0.385. The van der Waals surface area contributed by atoms with Crippen molar-refractivity contribution in [2.45, 2.75) is 0 Å². The number of benzene rings is 1. The summed E-state index contributed by atoms with van der Waals surface area (Å²) in [5, 5.41) is 10.8. The van der Waals surface area contributed by atoms with Crippen molar-refractivity contribution in [1.82, 2.24) is 9.55 Å². The summed E-state index contributed by atoms with van der Waals surface area (Å²) in [5.41, 5.74) is 0.220. The number of carbonyl (C=O) groups is 1. The standard InChI is InChI=1S/C11H9N3O4/c1-18-11(15)9-6-8(13-5-4-12-7-13)2-3-10(9)14(16)17/h2-7H,1H3. The molecule has 1 heterocycles. The van der Waals surface area contributed by atoms with Crippen LogP contribution in [0, 0.1) is 10.1 Å². The highest BCUT2D eigenvalue weighted by Gasteiger charge is 2.21. The van der Waals surface area contributed by atoms with E-state index >= 15 is 0 Å². The number of carbonyl (C=O) groups excluding carboxylic acids is 1. The van der Waals surface area contributed by atoms with Crippen LogP contribution in [0.3, 0.4) is 0 Å². The summed E-state index contributed by atoms with van der Waals surface area (Å²) >= 11 is 0. The average molecular weight is 247 g/mol. The van der Waals surface area contributed by atoms with Crippen molar-refractivity contribution >= 4 is 11.7 Å². The predicted octanol–water partition coefficient (Wildman–Crippen LogP) is 1.57. The van der Waals surface area contributed by atoms with E-state index in [9.17, 15) is 14.9 Å². The van der Waals surface area contributed by atoms with Gasteiger partial charge in [-0.25, -0.2) is 9.78 Å². The number of esters is 1. The zero-order chi connectivity index (χ0) is 13.1. The van der Waals surface area contributed by atoms with Crippen LogP contribution in [-0.2, 0) is 4.74 Å². The van der Waals surface area contributed by atoms with Crippen LogP contribution in [0.5, 0.6) is 0 Å². The zero-order valence-corrected chi connectivity index (χ0v) is 9.44. The summed E-state index contributed by atoms with van der Waals surface area (Å²) in [5.74, 6) is -0.747. The fourth-order valence-corrected chi connectivity index (χ4v) is 1.53.